The third-order valence-corrected chi connectivity index (χ3v) is 3.13. The molecule has 3 nitrogen and oxygen atoms in total. The molecular formula is C16H15ClFNO2. The highest BCUT2D eigenvalue weighted by Crippen LogP contribution is 2.20. The zero-order chi connectivity index (χ0) is 15.4. The number of rotatable bonds is 4. The van der Waals surface area contributed by atoms with Crippen LogP contribution in [-0.2, 0) is 4.79 Å². The van der Waals surface area contributed by atoms with Gasteiger partial charge in [-0.2, -0.15) is 0 Å². The van der Waals surface area contributed by atoms with Crippen molar-refractivity contribution in [3.8, 4) is 5.75 Å². The topological polar surface area (TPSA) is 38.3 Å². The van der Waals surface area contributed by atoms with E-state index >= 15 is 0 Å². The van der Waals surface area contributed by atoms with E-state index < -0.39 is 17.8 Å². The quantitative estimate of drug-likeness (QED) is 0.919. The maximum atomic E-state index is 13.6. The first-order chi connectivity index (χ1) is 9.95. The lowest BCUT2D eigenvalue weighted by Crippen LogP contribution is -2.30. The van der Waals surface area contributed by atoms with Crippen LogP contribution >= 0.6 is 11.6 Å². The Balaban J connectivity index is 2.00. The molecule has 2 aromatic rings. The van der Waals surface area contributed by atoms with Gasteiger partial charge < -0.3 is 10.1 Å². The summed E-state index contributed by atoms with van der Waals surface area (Å²) in [6.45, 7) is 3.56. The lowest BCUT2D eigenvalue weighted by Gasteiger charge is -2.15. The van der Waals surface area contributed by atoms with Crippen molar-refractivity contribution in [1.82, 2.24) is 0 Å². The van der Waals surface area contributed by atoms with Gasteiger partial charge in [0.2, 0.25) is 0 Å². The molecule has 0 aliphatic rings. The number of benzene rings is 2. The highest BCUT2D eigenvalue weighted by Gasteiger charge is 2.16. The molecule has 0 aliphatic carbocycles. The van der Waals surface area contributed by atoms with Crippen molar-refractivity contribution in [3.05, 3.63) is 58.9 Å². The maximum absolute atomic E-state index is 13.6. The fourth-order valence-corrected chi connectivity index (χ4v) is 1.86. The summed E-state index contributed by atoms with van der Waals surface area (Å²) in [6.07, 6.45) is -0.747. The van der Waals surface area contributed by atoms with Gasteiger partial charge in [0.25, 0.3) is 5.91 Å². The fraction of sp³-hybridized carbons (Fsp3) is 0.188. The number of anilines is 1. The van der Waals surface area contributed by atoms with Crippen LogP contribution in [0, 0.1) is 12.7 Å². The van der Waals surface area contributed by atoms with E-state index in [1.165, 1.54) is 12.1 Å². The molecule has 0 spiro atoms. The van der Waals surface area contributed by atoms with Crippen molar-refractivity contribution < 1.29 is 13.9 Å². The Hall–Kier alpha value is -2.07. The Kier molecular flexibility index (Phi) is 4.81. The van der Waals surface area contributed by atoms with Crippen molar-refractivity contribution in [3.63, 3.8) is 0 Å². The van der Waals surface area contributed by atoms with E-state index in [4.69, 9.17) is 16.3 Å². The van der Waals surface area contributed by atoms with E-state index in [1.807, 2.05) is 19.1 Å². The second kappa shape index (κ2) is 6.59. The van der Waals surface area contributed by atoms with Crippen molar-refractivity contribution >= 4 is 23.2 Å². The summed E-state index contributed by atoms with van der Waals surface area (Å²) in [5, 5.41) is 2.74. The summed E-state index contributed by atoms with van der Waals surface area (Å²) in [4.78, 5) is 12.0. The number of hydrogen-bond acceptors (Lipinski definition) is 2. The number of hydrogen-bond donors (Lipinski definition) is 1. The summed E-state index contributed by atoms with van der Waals surface area (Å²) in [7, 11) is 0. The van der Waals surface area contributed by atoms with Gasteiger partial charge in [0, 0.05) is 5.02 Å². The molecule has 0 aromatic heterocycles. The second-order valence-corrected chi connectivity index (χ2v) is 5.12. The Morgan fingerprint density at radius 3 is 2.52 bits per heavy atom. The molecule has 1 N–H and O–H groups in total. The van der Waals surface area contributed by atoms with Crippen LogP contribution < -0.4 is 10.1 Å². The van der Waals surface area contributed by atoms with Crippen LogP contribution in [0.4, 0.5) is 10.1 Å². The average molecular weight is 308 g/mol. The first-order valence-corrected chi connectivity index (χ1v) is 6.83. The van der Waals surface area contributed by atoms with Crippen molar-refractivity contribution in [1.29, 1.82) is 0 Å². The number of carbonyl (C=O) groups excluding carboxylic acids is 1. The summed E-state index contributed by atoms with van der Waals surface area (Å²) >= 11 is 5.66. The predicted molar refractivity (Wildman–Crippen MR) is 81.3 cm³/mol. The molecule has 2 aromatic carbocycles. The predicted octanol–water partition coefficient (Wildman–Crippen LogP) is 4.19. The molecule has 2 rings (SSSR count). The van der Waals surface area contributed by atoms with E-state index in [9.17, 15) is 9.18 Å². The van der Waals surface area contributed by atoms with E-state index in [2.05, 4.69) is 5.32 Å². The highest BCUT2D eigenvalue weighted by atomic mass is 35.5. The molecule has 0 saturated carbocycles. The highest BCUT2D eigenvalue weighted by molar-refractivity contribution is 6.30. The molecule has 110 valence electrons. The summed E-state index contributed by atoms with van der Waals surface area (Å²) in [5.41, 5.74) is 1.17. The van der Waals surface area contributed by atoms with Gasteiger partial charge in [-0.15, -0.1) is 0 Å². The molecule has 0 saturated heterocycles. The van der Waals surface area contributed by atoms with Crippen LogP contribution in [0.25, 0.3) is 0 Å². The SMILES string of the molecule is Cc1ccc(OC(C)C(=O)Nc2ccc(Cl)cc2F)cc1. The fourth-order valence-electron chi connectivity index (χ4n) is 1.70. The Labute approximate surface area is 127 Å². The smallest absolute Gasteiger partial charge is 0.265 e. The van der Waals surface area contributed by atoms with E-state index in [1.54, 1.807) is 19.1 Å². The molecule has 0 fully saturated rings. The van der Waals surface area contributed by atoms with Gasteiger partial charge in [-0.25, -0.2) is 4.39 Å². The van der Waals surface area contributed by atoms with E-state index in [0.29, 0.717) is 5.75 Å². The van der Waals surface area contributed by atoms with Crippen molar-refractivity contribution in [2.45, 2.75) is 20.0 Å². The Bertz CT molecular complexity index is 643. The Morgan fingerprint density at radius 1 is 1.24 bits per heavy atom. The number of halogens is 2. The molecule has 21 heavy (non-hydrogen) atoms. The molecule has 0 bridgehead atoms. The standard InChI is InChI=1S/C16H15ClFNO2/c1-10-3-6-13(7-4-10)21-11(2)16(20)19-15-8-5-12(17)9-14(15)18/h3-9,11H,1-2H3,(H,19,20). The minimum atomic E-state index is -0.747. The summed E-state index contributed by atoms with van der Waals surface area (Å²) in [5.74, 6) is -0.435. The lowest BCUT2D eigenvalue weighted by molar-refractivity contribution is -0.122. The zero-order valence-electron chi connectivity index (χ0n) is 11.7. The zero-order valence-corrected chi connectivity index (χ0v) is 12.4. The van der Waals surface area contributed by atoms with Gasteiger partial charge in [-0.3, -0.25) is 4.79 Å². The van der Waals surface area contributed by atoms with Crippen molar-refractivity contribution in [2.24, 2.45) is 0 Å². The molecule has 1 unspecified atom stereocenters. The van der Waals surface area contributed by atoms with Gasteiger partial charge in [0.15, 0.2) is 6.10 Å². The minimum Gasteiger partial charge on any atom is -0.481 e. The van der Waals surface area contributed by atoms with Crippen LogP contribution in [0.5, 0.6) is 5.75 Å². The van der Waals surface area contributed by atoms with Gasteiger partial charge in [0.05, 0.1) is 5.69 Å². The monoisotopic (exact) mass is 307 g/mol. The van der Waals surface area contributed by atoms with Crippen LogP contribution in [0.3, 0.4) is 0 Å². The Morgan fingerprint density at radius 2 is 1.90 bits per heavy atom. The summed E-state index contributed by atoms with van der Waals surface area (Å²) < 4.78 is 19.1. The van der Waals surface area contributed by atoms with Crippen LogP contribution in [0.2, 0.25) is 5.02 Å². The van der Waals surface area contributed by atoms with Crippen LogP contribution in [0.15, 0.2) is 42.5 Å². The largest absolute Gasteiger partial charge is 0.481 e. The molecule has 0 radical (unpaired) electrons. The summed E-state index contributed by atoms with van der Waals surface area (Å²) in [6, 6.07) is 11.4. The van der Waals surface area contributed by atoms with Crippen LogP contribution in [-0.4, -0.2) is 12.0 Å². The number of amides is 1. The van der Waals surface area contributed by atoms with Gasteiger partial charge >= 0.3 is 0 Å². The molecule has 1 atom stereocenters. The molecule has 1 amide bonds. The third kappa shape index (κ3) is 4.20. The number of ether oxygens (including phenoxy) is 1. The average Bonchev–Trinajstić information content (AvgIpc) is 2.44. The van der Waals surface area contributed by atoms with Gasteiger partial charge in [-0.05, 0) is 44.2 Å². The van der Waals surface area contributed by atoms with Crippen molar-refractivity contribution in [2.75, 3.05) is 5.32 Å². The van der Waals surface area contributed by atoms with Gasteiger partial charge in [-0.1, -0.05) is 29.3 Å². The lowest BCUT2D eigenvalue weighted by atomic mass is 10.2. The molecule has 0 heterocycles. The molecule has 0 aliphatic heterocycles. The first-order valence-electron chi connectivity index (χ1n) is 6.45. The van der Waals surface area contributed by atoms with Gasteiger partial charge in [0.1, 0.15) is 11.6 Å². The maximum Gasteiger partial charge on any atom is 0.265 e. The molecule has 5 heteroatoms. The normalized spacial score (nSPS) is 11.8. The third-order valence-electron chi connectivity index (χ3n) is 2.89. The molecular weight excluding hydrogens is 293 g/mol. The first kappa shape index (κ1) is 15.3. The number of aryl methyl sites for hydroxylation is 1. The number of carbonyl (C=O) groups is 1. The van der Waals surface area contributed by atoms with E-state index in [0.717, 1.165) is 11.6 Å². The number of nitrogens with one attached hydrogen (secondary N) is 1. The minimum absolute atomic E-state index is 0.0729. The van der Waals surface area contributed by atoms with Crippen LogP contribution in [0.1, 0.15) is 12.5 Å². The second-order valence-electron chi connectivity index (χ2n) is 4.69. The van der Waals surface area contributed by atoms with E-state index in [-0.39, 0.29) is 10.7 Å².